The van der Waals surface area contributed by atoms with E-state index in [1.54, 1.807) is 4.72 Å². The molecule has 2 aromatic rings. The van der Waals surface area contributed by atoms with Crippen molar-refractivity contribution in [3.8, 4) is 0 Å². The number of hydrogen-bond donors (Lipinski definition) is 5. The van der Waals surface area contributed by atoms with E-state index in [0.717, 1.165) is 23.0 Å². The van der Waals surface area contributed by atoms with Crippen LogP contribution >= 0.6 is 12.2 Å². The number of nitrogens with two attached hydrogens (primary N) is 3. The van der Waals surface area contributed by atoms with E-state index in [-0.39, 0.29) is 30.7 Å². The molecule has 0 aliphatic rings. The second-order valence-electron chi connectivity index (χ2n) is 7.20. The van der Waals surface area contributed by atoms with E-state index in [1.807, 2.05) is 26.0 Å². The summed E-state index contributed by atoms with van der Waals surface area (Å²) in [7, 11) is -4.42. The minimum absolute atomic E-state index is 0.156. The number of hydrogen-bond acceptors (Lipinski definition) is 7. The van der Waals surface area contributed by atoms with Gasteiger partial charge in [0.2, 0.25) is 0 Å². The van der Waals surface area contributed by atoms with E-state index in [2.05, 4.69) is 22.5 Å². The smallest absolute Gasteiger partial charge is 0.266 e. The van der Waals surface area contributed by atoms with Crippen molar-refractivity contribution in [2.24, 2.45) is 23.1 Å². The quantitative estimate of drug-likeness (QED) is 0.343. The molecule has 1 aromatic carbocycles. The number of thiocarbonyl (C=S) groups is 1. The summed E-state index contributed by atoms with van der Waals surface area (Å²) in [6.07, 6.45) is 0.527. The number of aryl methyl sites for hydroxylation is 1. The number of pyridine rings is 1. The molecule has 2 rings (SSSR count). The molecule has 31 heavy (non-hydrogen) atoms. The number of anilines is 1. The summed E-state index contributed by atoms with van der Waals surface area (Å²) in [6.45, 7) is 4.16. The Hall–Kier alpha value is -2.41. The van der Waals surface area contributed by atoms with Crippen LogP contribution in [0, 0.1) is 24.5 Å². The first kappa shape index (κ1) is 24.9. The summed E-state index contributed by atoms with van der Waals surface area (Å²) in [5.41, 5.74) is 19.3. The lowest BCUT2D eigenvalue weighted by Crippen LogP contribution is -2.35. The highest BCUT2D eigenvalue weighted by molar-refractivity contribution is 7.91. The van der Waals surface area contributed by atoms with Crippen LogP contribution in [0.15, 0.2) is 29.2 Å². The number of benzene rings is 1. The van der Waals surface area contributed by atoms with Crippen molar-refractivity contribution in [2.45, 2.75) is 37.8 Å². The number of aromatic nitrogens is 1. The monoisotopic (exact) mass is 472 g/mol. The van der Waals surface area contributed by atoms with E-state index in [0.29, 0.717) is 12.5 Å². The van der Waals surface area contributed by atoms with Gasteiger partial charge in [0, 0.05) is 30.9 Å². The number of sulfonamides is 1. The summed E-state index contributed by atoms with van der Waals surface area (Å²) < 4.78 is 54.7. The van der Waals surface area contributed by atoms with Crippen LogP contribution in [-0.4, -0.2) is 31.1 Å². The molecular formula is C19H26F2N6O2S2. The number of nitrogens with one attached hydrogen (secondary N) is 2. The molecular weight excluding hydrogens is 446 g/mol. The molecule has 8 nitrogen and oxygen atoms in total. The fourth-order valence-corrected chi connectivity index (χ4v) is 4.31. The van der Waals surface area contributed by atoms with E-state index in [9.17, 15) is 17.2 Å². The summed E-state index contributed by atoms with van der Waals surface area (Å²) in [5.74, 6) is -2.26. The second-order valence-corrected chi connectivity index (χ2v) is 9.29. The van der Waals surface area contributed by atoms with E-state index >= 15 is 0 Å². The molecule has 0 saturated carbocycles. The van der Waals surface area contributed by atoms with Crippen LogP contribution < -0.4 is 27.2 Å². The van der Waals surface area contributed by atoms with Gasteiger partial charge < -0.3 is 22.5 Å². The van der Waals surface area contributed by atoms with Gasteiger partial charge in [-0.1, -0.05) is 6.07 Å². The molecule has 170 valence electrons. The zero-order valence-electron chi connectivity index (χ0n) is 17.2. The summed E-state index contributed by atoms with van der Waals surface area (Å²) >= 11 is 4.45. The average molecular weight is 473 g/mol. The molecule has 1 heterocycles. The first-order valence-corrected chi connectivity index (χ1v) is 11.3. The fraction of sp³-hybridized carbons (Fsp3) is 0.368. The molecule has 0 amide bonds. The van der Waals surface area contributed by atoms with Crippen molar-refractivity contribution in [1.29, 1.82) is 0 Å². The van der Waals surface area contributed by atoms with Crippen LogP contribution in [0.25, 0.3) is 0 Å². The highest BCUT2D eigenvalue weighted by Crippen LogP contribution is 2.24. The average Bonchev–Trinajstić information content (AvgIpc) is 2.66. The van der Waals surface area contributed by atoms with Gasteiger partial charge in [-0.3, -0.25) is 9.71 Å². The van der Waals surface area contributed by atoms with Crippen molar-refractivity contribution in [3.63, 3.8) is 0 Å². The Bertz CT molecular complexity index is 1060. The Morgan fingerprint density at radius 3 is 2.52 bits per heavy atom. The standard InChI is InChI=1S/C19H26F2N6O2S2/c1-10-3-4-12(17(8-22)26-10)5-13(11(2)23)9-25-16-6-15(21)18(7-14(16)20)31(28,29)27-19(24)30/h3-4,6-7,11,13,25H,5,8-9,22-23H2,1-2H3,(H3,24,27,30)/t11-,13+/m1/s1. The maximum absolute atomic E-state index is 14.5. The second kappa shape index (κ2) is 10.3. The van der Waals surface area contributed by atoms with Crippen LogP contribution in [0.5, 0.6) is 0 Å². The lowest BCUT2D eigenvalue weighted by molar-refractivity contribution is 0.458. The Balaban J connectivity index is 2.21. The number of nitrogens with zero attached hydrogens (tertiary/aromatic N) is 1. The molecule has 0 saturated heterocycles. The topological polar surface area (TPSA) is 149 Å². The first-order valence-electron chi connectivity index (χ1n) is 9.40. The SMILES string of the molecule is Cc1ccc(C[C@@H](CNc2cc(F)c(S(=O)(=O)NC(N)=S)cc2F)[C@@H](C)N)c(CN)n1. The first-order chi connectivity index (χ1) is 14.4. The summed E-state index contributed by atoms with van der Waals surface area (Å²) in [4.78, 5) is 3.53. The van der Waals surface area contributed by atoms with Gasteiger partial charge >= 0.3 is 0 Å². The van der Waals surface area contributed by atoms with Crippen molar-refractivity contribution in [2.75, 3.05) is 11.9 Å². The number of rotatable bonds is 9. The van der Waals surface area contributed by atoms with Crippen LogP contribution in [0.1, 0.15) is 23.9 Å². The van der Waals surface area contributed by atoms with Crippen LogP contribution in [0.4, 0.5) is 14.5 Å². The zero-order valence-corrected chi connectivity index (χ0v) is 18.8. The highest BCUT2D eigenvalue weighted by atomic mass is 32.2. The van der Waals surface area contributed by atoms with Crippen molar-refractivity contribution >= 4 is 33.0 Å². The number of halogens is 2. The van der Waals surface area contributed by atoms with Gasteiger partial charge in [-0.2, -0.15) is 0 Å². The molecule has 0 aliphatic heterocycles. The maximum atomic E-state index is 14.5. The third-order valence-electron chi connectivity index (χ3n) is 4.73. The highest BCUT2D eigenvalue weighted by Gasteiger charge is 2.23. The van der Waals surface area contributed by atoms with Crippen LogP contribution in [0.2, 0.25) is 0 Å². The molecule has 0 spiro atoms. The van der Waals surface area contributed by atoms with Crippen molar-refractivity contribution < 1.29 is 17.2 Å². The predicted molar refractivity (Wildman–Crippen MR) is 120 cm³/mol. The van der Waals surface area contributed by atoms with Gasteiger partial charge in [0.1, 0.15) is 16.5 Å². The lowest BCUT2D eigenvalue weighted by atomic mass is 9.92. The molecule has 0 bridgehead atoms. The molecule has 0 radical (unpaired) electrons. The van der Waals surface area contributed by atoms with Crippen molar-refractivity contribution in [1.82, 2.24) is 9.71 Å². The van der Waals surface area contributed by atoms with Crippen LogP contribution in [0.3, 0.4) is 0 Å². The molecule has 12 heteroatoms. The maximum Gasteiger partial charge on any atom is 0.266 e. The third-order valence-corrected chi connectivity index (χ3v) is 6.34. The zero-order chi connectivity index (χ0) is 23.3. The molecule has 2 atom stereocenters. The third kappa shape index (κ3) is 6.53. The van der Waals surface area contributed by atoms with Gasteiger partial charge in [-0.25, -0.2) is 17.2 Å². The van der Waals surface area contributed by atoms with Gasteiger partial charge in [0.25, 0.3) is 10.0 Å². The van der Waals surface area contributed by atoms with Gasteiger partial charge in [-0.15, -0.1) is 0 Å². The molecule has 8 N–H and O–H groups in total. The fourth-order valence-electron chi connectivity index (χ4n) is 3.03. The Kier molecular flexibility index (Phi) is 8.23. The molecule has 1 aromatic heterocycles. The molecule has 0 fully saturated rings. The predicted octanol–water partition coefficient (Wildman–Crippen LogP) is 1.27. The minimum Gasteiger partial charge on any atom is -0.382 e. The Labute approximate surface area is 185 Å². The van der Waals surface area contributed by atoms with Gasteiger partial charge in [0.15, 0.2) is 5.11 Å². The normalized spacial score (nSPS) is 13.5. The van der Waals surface area contributed by atoms with Crippen LogP contribution in [-0.2, 0) is 23.0 Å². The van der Waals surface area contributed by atoms with Crippen molar-refractivity contribution in [3.05, 3.63) is 52.9 Å². The summed E-state index contributed by atoms with van der Waals surface area (Å²) in [6, 6.07) is 4.85. The largest absolute Gasteiger partial charge is 0.382 e. The Morgan fingerprint density at radius 1 is 1.26 bits per heavy atom. The lowest BCUT2D eigenvalue weighted by Gasteiger charge is -2.23. The van der Waals surface area contributed by atoms with Gasteiger partial charge in [0.05, 0.1) is 11.4 Å². The Morgan fingerprint density at radius 2 is 1.94 bits per heavy atom. The molecule has 0 aliphatic carbocycles. The molecule has 0 unspecified atom stereocenters. The van der Waals surface area contributed by atoms with E-state index < -0.39 is 31.7 Å². The summed E-state index contributed by atoms with van der Waals surface area (Å²) in [5, 5.41) is 2.23. The van der Waals surface area contributed by atoms with E-state index in [1.165, 1.54) is 0 Å². The van der Waals surface area contributed by atoms with E-state index in [4.69, 9.17) is 17.2 Å². The minimum atomic E-state index is -4.42. The van der Waals surface area contributed by atoms with Gasteiger partial charge in [-0.05, 0) is 56.1 Å².